The van der Waals surface area contributed by atoms with E-state index in [1.165, 1.54) is 23.4 Å². The summed E-state index contributed by atoms with van der Waals surface area (Å²) in [6, 6.07) is 8.75. The summed E-state index contributed by atoms with van der Waals surface area (Å²) in [5, 5.41) is 0. The smallest absolute Gasteiger partial charge is 0.123 e. The first-order valence-corrected chi connectivity index (χ1v) is 6.25. The number of nitrogens with zero attached hydrogens (tertiary/aromatic N) is 1. The molecule has 94 valence electrons. The molecule has 0 atom stereocenters. The molecular formula is C16H18FN. The minimum Gasteiger partial charge on any atom is -0.351 e. The summed E-state index contributed by atoms with van der Waals surface area (Å²) in [6.45, 7) is 6.83. The Hall–Kier alpha value is -1.83. The van der Waals surface area contributed by atoms with Crippen molar-refractivity contribution in [2.45, 2.75) is 26.3 Å². The lowest BCUT2D eigenvalue weighted by Crippen LogP contribution is -1.98. The lowest BCUT2D eigenvalue weighted by molar-refractivity contribution is 0.628. The SMILES string of the molecule is C=CCCCn1ccc(-c2ccc(F)cc2)c1C. The van der Waals surface area contributed by atoms with Crippen LogP contribution >= 0.6 is 0 Å². The standard InChI is InChI=1S/C16H18FN/c1-3-4-5-11-18-12-10-16(13(18)2)14-6-8-15(17)9-7-14/h3,6-10,12H,1,4-5,11H2,2H3. The van der Waals surface area contributed by atoms with Gasteiger partial charge in [-0.3, -0.25) is 0 Å². The maximum atomic E-state index is 12.9. The van der Waals surface area contributed by atoms with Crippen LogP contribution in [0.3, 0.4) is 0 Å². The van der Waals surface area contributed by atoms with E-state index in [9.17, 15) is 4.39 Å². The van der Waals surface area contributed by atoms with E-state index in [4.69, 9.17) is 0 Å². The topological polar surface area (TPSA) is 4.93 Å². The second kappa shape index (κ2) is 5.67. The number of aromatic nitrogens is 1. The summed E-state index contributed by atoms with van der Waals surface area (Å²) in [5.74, 6) is -0.193. The Morgan fingerprint density at radius 1 is 1.22 bits per heavy atom. The molecule has 0 N–H and O–H groups in total. The number of allylic oxidation sites excluding steroid dienone is 1. The fraction of sp³-hybridized carbons (Fsp3) is 0.250. The second-order valence-electron chi connectivity index (χ2n) is 4.45. The predicted molar refractivity (Wildman–Crippen MR) is 74.0 cm³/mol. The maximum absolute atomic E-state index is 12.9. The van der Waals surface area contributed by atoms with Crippen molar-refractivity contribution in [3.8, 4) is 11.1 Å². The van der Waals surface area contributed by atoms with Crippen molar-refractivity contribution in [1.82, 2.24) is 4.57 Å². The molecule has 2 rings (SSSR count). The molecule has 1 heterocycles. The predicted octanol–water partition coefficient (Wildman–Crippen LogP) is 4.57. The Balaban J connectivity index is 2.19. The monoisotopic (exact) mass is 243 g/mol. The molecule has 0 bridgehead atoms. The third kappa shape index (κ3) is 2.70. The molecule has 0 aliphatic rings. The molecule has 2 heteroatoms. The maximum Gasteiger partial charge on any atom is 0.123 e. The van der Waals surface area contributed by atoms with Crippen LogP contribution in [0.4, 0.5) is 4.39 Å². The van der Waals surface area contributed by atoms with Crippen LogP contribution in [0, 0.1) is 12.7 Å². The van der Waals surface area contributed by atoms with Gasteiger partial charge in [-0.15, -0.1) is 6.58 Å². The molecule has 0 saturated carbocycles. The van der Waals surface area contributed by atoms with Gasteiger partial charge in [0.1, 0.15) is 5.82 Å². The first-order chi connectivity index (χ1) is 8.72. The van der Waals surface area contributed by atoms with Crippen LogP contribution in [0.2, 0.25) is 0 Å². The van der Waals surface area contributed by atoms with Crippen molar-refractivity contribution >= 4 is 0 Å². The zero-order valence-electron chi connectivity index (χ0n) is 10.7. The van der Waals surface area contributed by atoms with Crippen LogP contribution in [0.15, 0.2) is 49.2 Å². The molecule has 18 heavy (non-hydrogen) atoms. The number of halogens is 1. The summed E-state index contributed by atoms with van der Waals surface area (Å²) in [4.78, 5) is 0. The molecule has 1 aromatic heterocycles. The highest BCUT2D eigenvalue weighted by molar-refractivity contribution is 5.66. The zero-order valence-corrected chi connectivity index (χ0v) is 10.7. The molecule has 0 aliphatic heterocycles. The first-order valence-electron chi connectivity index (χ1n) is 6.25. The second-order valence-corrected chi connectivity index (χ2v) is 4.45. The highest BCUT2D eigenvalue weighted by Gasteiger charge is 2.06. The lowest BCUT2D eigenvalue weighted by atomic mass is 10.1. The number of rotatable bonds is 5. The molecule has 0 unspecified atom stereocenters. The highest BCUT2D eigenvalue weighted by Crippen LogP contribution is 2.24. The van der Waals surface area contributed by atoms with E-state index in [0.29, 0.717) is 0 Å². The zero-order chi connectivity index (χ0) is 13.0. The van der Waals surface area contributed by atoms with E-state index in [2.05, 4.69) is 30.3 Å². The molecular weight excluding hydrogens is 225 g/mol. The van der Waals surface area contributed by atoms with E-state index < -0.39 is 0 Å². The molecule has 0 fully saturated rings. The molecule has 1 nitrogen and oxygen atoms in total. The Kier molecular flexibility index (Phi) is 3.98. The molecule has 0 spiro atoms. The molecule has 0 saturated heterocycles. The Labute approximate surface area is 108 Å². The van der Waals surface area contributed by atoms with E-state index in [1.54, 1.807) is 0 Å². The van der Waals surface area contributed by atoms with Crippen LogP contribution < -0.4 is 0 Å². The van der Waals surface area contributed by atoms with Crippen LogP contribution in [0.25, 0.3) is 11.1 Å². The third-order valence-electron chi connectivity index (χ3n) is 3.20. The highest BCUT2D eigenvalue weighted by atomic mass is 19.1. The number of hydrogen-bond donors (Lipinski definition) is 0. The van der Waals surface area contributed by atoms with Crippen molar-refractivity contribution in [2.75, 3.05) is 0 Å². The van der Waals surface area contributed by atoms with E-state index in [1.807, 2.05) is 18.2 Å². The minimum atomic E-state index is -0.193. The summed E-state index contributed by atoms with van der Waals surface area (Å²) >= 11 is 0. The average Bonchev–Trinajstić information content (AvgIpc) is 2.73. The fourth-order valence-corrected chi connectivity index (χ4v) is 2.13. The summed E-state index contributed by atoms with van der Waals surface area (Å²) in [5.41, 5.74) is 3.47. The van der Waals surface area contributed by atoms with Crippen molar-refractivity contribution in [1.29, 1.82) is 0 Å². The number of unbranched alkanes of at least 4 members (excludes halogenated alkanes) is 1. The number of aryl methyl sites for hydroxylation is 1. The van der Waals surface area contributed by atoms with Crippen LogP contribution in [-0.4, -0.2) is 4.57 Å². The molecule has 0 aliphatic carbocycles. The van der Waals surface area contributed by atoms with Crippen molar-refractivity contribution in [2.24, 2.45) is 0 Å². The summed E-state index contributed by atoms with van der Waals surface area (Å²) in [6.07, 6.45) is 6.17. The quantitative estimate of drug-likeness (QED) is 0.535. The van der Waals surface area contributed by atoms with Gasteiger partial charge in [0.05, 0.1) is 0 Å². The fourth-order valence-electron chi connectivity index (χ4n) is 2.13. The van der Waals surface area contributed by atoms with E-state index in [-0.39, 0.29) is 5.82 Å². The van der Waals surface area contributed by atoms with Gasteiger partial charge in [-0.2, -0.15) is 0 Å². The molecule has 1 aromatic carbocycles. The normalized spacial score (nSPS) is 10.6. The van der Waals surface area contributed by atoms with Gasteiger partial charge in [-0.05, 0) is 43.5 Å². The Morgan fingerprint density at radius 3 is 2.61 bits per heavy atom. The number of hydrogen-bond acceptors (Lipinski definition) is 0. The molecule has 0 radical (unpaired) electrons. The number of benzene rings is 1. The first kappa shape index (κ1) is 12.6. The van der Waals surface area contributed by atoms with Gasteiger partial charge in [-0.25, -0.2) is 4.39 Å². The Morgan fingerprint density at radius 2 is 1.94 bits per heavy atom. The lowest BCUT2D eigenvalue weighted by Gasteiger charge is -2.07. The van der Waals surface area contributed by atoms with Gasteiger partial charge in [0.25, 0.3) is 0 Å². The van der Waals surface area contributed by atoms with Gasteiger partial charge in [0.2, 0.25) is 0 Å². The average molecular weight is 243 g/mol. The summed E-state index contributed by atoms with van der Waals surface area (Å²) in [7, 11) is 0. The van der Waals surface area contributed by atoms with Crippen molar-refractivity contribution in [3.63, 3.8) is 0 Å². The van der Waals surface area contributed by atoms with Crippen molar-refractivity contribution < 1.29 is 4.39 Å². The van der Waals surface area contributed by atoms with Gasteiger partial charge in [0, 0.05) is 24.0 Å². The van der Waals surface area contributed by atoms with E-state index in [0.717, 1.165) is 24.9 Å². The van der Waals surface area contributed by atoms with E-state index >= 15 is 0 Å². The van der Waals surface area contributed by atoms with Crippen LogP contribution in [-0.2, 0) is 6.54 Å². The minimum absolute atomic E-state index is 0.193. The molecule has 0 amide bonds. The summed E-state index contributed by atoms with van der Waals surface area (Å²) < 4.78 is 15.1. The van der Waals surface area contributed by atoms with Crippen LogP contribution in [0.1, 0.15) is 18.5 Å². The molecule has 2 aromatic rings. The third-order valence-corrected chi connectivity index (χ3v) is 3.20. The van der Waals surface area contributed by atoms with Gasteiger partial charge < -0.3 is 4.57 Å². The van der Waals surface area contributed by atoms with Crippen molar-refractivity contribution in [3.05, 3.63) is 60.7 Å². The van der Waals surface area contributed by atoms with Gasteiger partial charge >= 0.3 is 0 Å². The largest absolute Gasteiger partial charge is 0.351 e. The van der Waals surface area contributed by atoms with Gasteiger partial charge in [0.15, 0.2) is 0 Å². The Bertz CT molecular complexity index is 523. The van der Waals surface area contributed by atoms with Crippen LogP contribution in [0.5, 0.6) is 0 Å². The van der Waals surface area contributed by atoms with Gasteiger partial charge in [-0.1, -0.05) is 18.2 Å².